The molecule has 0 saturated carbocycles. The van der Waals surface area contributed by atoms with E-state index in [0.29, 0.717) is 0 Å². The SMILES string of the molecule is [Ba+2].[H-].[H-].[H-].[La].[Li+].[O]=[Ta]. The Morgan fingerprint density at radius 2 is 1.40 bits per heavy atom. The second-order valence-electron chi connectivity index (χ2n) is 0. The van der Waals surface area contributed by atoms with Gasteiger partial charge in [0.2, 0.25) is 0 Å². The predicted octanol–water partition coefficient (Wildman–Crippen LogP) is -3.16. The molecule has 0 aliphatic heterocycles. The summed E-state index contributed by atoms with van der Waals surface area (Å²) in [5.41, 5.74) is 0. The van der Waals surface area contributed by atoms with E-state index in [1.54, 1.807) is 0 Å². The molecule has 0 amide bonds. The van der Waals surface area contributed by atoms with E-state index >= 15 is 0 Å². The number of rotatable bonds is 0. The summed E-state index contributed by atoms with van der Waals surface area (Å²) in [6.07, 6.45) is 0. The Morgan fingerprint density at radius 3 is 1.40 bits per heavy atom. The van der Waals surface area contributed by atoms with Crippen molar-refractivity contribution in [2.45, 2.75) is 0 Å². The molecule has 0 rings (SSSR count). The standard InChI is InChI=1S/Ba.La.Li.O.Ta.3H/q+2;;+1;;;3*-1. The van der Waals surface area contributed by atoms with Gasteiger partial charge < -0.3 is 4.28 Å². The molecule has 0 unspecified atom stereocenters. The van der Waals surface area contributed by atoms with E-state index in [-0.39, 0.29) is 129 Å². The molecule has 0 N–H and O–H groups in total. The Labute approximate surface area is 128 Å². The Balaban J connectivity index is -0.000000000333. The normalized spacial score (nSPS) is 0.600. The summed E-state index contributed by atoms with van der Waals surface area (Å²) in [4.78, 5) is 0. The fourth-order valence-corrected chi connectivity index (χ4v) is 0. The summed E-state index contributed by atoms with van der Waals surface area (Å²) < 4.78 is 8.36. The summed E-state index contributed by atoms with van der Waals surface area (Å²) in [5.74, 6) is 0. The second kappa shape index (κ2) is 24.7. The average Bonchev–Trinajstić information content (AvgIpc) is 1.00. The first-order chi connectivity index (χ1) is 1.00. The van der Waals surface area contributed by atoms with Crippen LogP contribution in [0.25, 0.3) is 0 Å². The van der Waals surface area contributed by atoms with Gasteiger partial charge in [0.25, 0.3) is 0 Å². The van der Waals surface area contributed by atoms with Crippen LogP contribution in [-0.2, 0) is 24.3 Å². The van der Waals surface area contributed by atoms with Crippen LogP contribution in [0.4, 0.5) is 0 Å². The molecule has 0 spiro atoms. The molecule has 0 bridgehead atoms. The molecule has 0 aliphatic carbocycles. The van der Waals surface area contributed by atoms with E-state index in [1.165, 1.54) is 0 Å². The molecule has 5 heavy (non-hydrogen) atoms. The molecule has 20 valence electrons. The minimum absolute atomic E-state index is 0. The van der Waals surface area contributed by atoms with Gasteiger partial charge in [0.15, 0.2) is 0 Å². The first-order valence-electron chi connectivity index (χ1n) is 0.183. The zero-order valence-corrected chi connectivity index (χ0v) is 14.4. The zero-order valence-electron chi connectivity index (χ0n) is 6.14. The molecule has 0 atom stereocenters. The quantitative estimate of drug-likeness (QED) is 0.333. The van der Waals surface area contributed by atoms with Crippen molar-refractivity contribution in [3.8, 4) is 0 Å². The zero-order chi connectivity index (χ0) is 2.00. The third kappa shape index (κ3) is 18.1. The van der Waals surface area contributed by atoms with Crippen LogP contribution < -0.4 is 18.9 Å². The van der Waals surface area contributed by atoms with E-state index in [1.807, 2.05) is 0 Å². The molecular weight excluding hydrogens is 480 g/mol. The van der Waals surface area contributed by atoms with Crippen molar-refractivity contribution in [2.24, 2.45) is 0 Å². The van der Waals surface area contributed by atoms with Crippen molar-refractivity contribution in [2.75, 3.05) is 0 Å². The van der Waals surface area contributed by atoms with Crippen molar-refractivity contribution >= 4 is 48.9 Å². The van der Waals surface area contributed by atoms with Gasteiger partial charge in [-0.25, -0.2) is 0 Å². The van der Waals surface area contributed by atoms with Gasteiger partial charge in [-0.2, -0.15) is 0 Å². The van der Waals surface area contributed by atoms with E-state index in [0.717, 1.165) is 0 Å². The summed E-state index contributed by atoms with van der Waals surface area (Å²) >= 11 is 0.194. The molecule has 1 radical (unpaired) electrons. The van der Waals surface area contributed by atoms with Gasteiger partial charge in [0.1, 0.15) is 0 Å². The van der Waals surface area contributed by atoms with E-state index in [9.17, 15) is 0 Å². The van der Waals surface area contributed by atoms with Gasteiger partial charge in [-0.05, 0) is 0 Å². The predicted molar refractivity (Wildman–Crippen MR) is 9.78 cm³/mol. The van der Waals surface area contributed by atoms with E-state index in [2.05, 4.69) is 0 Å². The topological polar surface area (TPSA) is 17.1 Å². The number of hydrogen-bond donors (Lipinski definition) is 0. The van der Waals surface area contributed by atoms with Gasteiger partial charge in [0, 0.05) is 35.6 Å². The first kappa shape index (κ1) is 23.1. The Bertz CT molecular complexity index is 19.2. The summed E-state index contributed by atoms with van der Waals surface area (Å²) in [6, 6.07) is 0. The monoisotopic (exact) mass is 484 g/mol. The molecule has 0 fully saturated rings. The average molecular weight is 483 g/mol. The molecule has 0 aromatic rings. The Kier molecular flexibility index (Phi) is 114. The molecule has 5 heteroatoms. The van der Waals surface area contributed by atoms with Gasteiger partial charge in [-0.15, -0.1) is 0 Å². The summed E-state index contributed by atoms with van der Waals surface area (Å²) in [7, 11) is 0. The molecule has 1 nitrogen and oxygen atoms in total. The second-order valence-corrected chi connectivity index (χ2v) is 0. The summed E-state index contributed by atoms with van der Waals surface area (Å²) in [6.45, 7) is 0. The van der Waals surface area contributed by atoms with E-state index < -0.39 is 0 Å². The van der Waals surface area contributed by atoms with Gasteiger partial charge in [0.05, 0.1) is 0 Å². The molecule has 0 saturated heterocycles. The summed E-state index contributed by atoms with van der Waals surface area (Å²) in [5, 5.41) is 0. The fraction of sp³-hybridized carbons (Fsp3) is 0. The minimum atomic E-state index is 0. The van der Waals surface area contributed by atoms with Crippen LogP contribution in [0.3, 0.4) is 0 Å². The van der Waals surface area contributed by atoms with Crippen LogP contribution in [0.5, 0.6) is 0 Å². The van der Waals surface area contributed by atoms with Crippen molar-refractivity contribution in [3.05, 3.63) is 0 Å². The molecule has 0 aromatic heterocycles. The van der Waals surface area contributed by atoms with Crippen LogP contribution in [-0.4, -0.2) is 48.9 Å². The number of hydrogen-bond acceptors (Lipinski definition) is 1. The Morgan fingerprint density at radius 1 is 1.40 bits per heavy atom. The molecular formula is H3BaLaLiOTa. The van der Waals surface area contributed by atoms with Crippen molar-refractivity contribution in [1.82, 2.24) is 0 Å². The molecule has 0 heterocycles. The van der Waals surface area contributed by atoms with Crippen molar-refractivity contribution in [1.29, 1.82) is 0 Å². The van der Waals surface area contributed by atoms with Crippen LogP contribution in [0.15, 0.2) is 0 Å². The van der Waals surface area contributed by atoms with Gasteiger partial charge in [-0.1, -0.05) is 0 Å². The fourth-order valence-electron chi connectivity index (χ4n) is 0. The van der Waals surface area contributed by atoms with Crippen LogP contribution >= 0.6 is 0 Å². The molecule has 0 aromatic carbocycles. The maximum atomic E-state index is 8.36. The van der Waals surface area contributed by atoms with Crippen LogP contribution in [0.1, 0.15) is 4.28 Å². The Hall–Kier alpha value is 3.90. The third-order valence-electron chi connectivity index (χ3n) is 0. The van der Waals surface area contributed by atoms with Gasteiger partial charge >= 0.3 is 92.0 Å². The first-order valence-corrected chi connectivity index (χ1v) is 1.49. The molecule has 0 aliphatic rings. The van der Waals surface area contributed by atoms with Crippen molar-refractivity contribution < 1.29 is 83.0 Å². The van der Waals surface area contributed by atoms with Crippen LogP contribution in [0, 0.1) is 35.6 Å². The van der Waals surface area contributed by atoms with Crippen molar-refractivity contribution in [3.63, 3.8) is 0 Å². The third-order valence-corrected chi connectivity index (χ3v) is 0. The van der Waals surface area contributed by atoms with E-state index in [4.69, 9.17) is 3.25 Å². The maximum absolute atomic E-state index is 8.36. The van der Waals surface area contributed by atoms with Gasteiger partial charge in [-0.3, -0.25) is 0 Å². The van der Waals surface area contributed by atoms with Crippen LogP contribution in [0.2, 0.25) is 0 Å².